The van der Waals surface area contributed by atoms with Gasteiger partial charge in [0, 0.05) is 43.1 Å². The third-order valence-corrected chi connectivity index (χ3v) is 6.75. The Morgan fingerprint density at radius 2 is 2.00 bits per heavy atom. The maximum Gasteiger partial charge on any atom is 0.326 e. The highest BCUT2D eigenvalue weighted by atomic mass is 19.1. The maximum atomic E-state index is 13.6. The number of nitrogens with one attached hydrogen (secondary N) is 1. The van der Waals surface area contributed by atoms with E-state index in [1.54, 1.807) is 23.1 Å². The predicted octanol–water partition coefficient (Wildman–Crippen LogP) is 3.66. The molecular formula is C26H27FN6O2. The van der Waals surface area contributed by atoms with E-state index in [0.29, 0.717) is 37.6 Å². The molecule has 180 valence electrons. The number of hydrogen-bond donors (Lipinski definition) is 1. The van der Waals surface area contributed by atoms with Crippen LogP contribution in [0.2, 0.25) is 0 Å². The third-order valence-electron chi connectivity index (χ3n) is 6.75. The van der Waals surface area contributed by atoms with Gasteiger partial charge in [0.05, 0.1) is 5.69 Å². The van der Waals surface area contributed by atoms with E-state index in [4.69, 9.17) is 0 Å². The lowest BCUT2D eigenvalue weighted by Crippen LogP contribution is -2.38. The van der Waals surface area contributed by atoms with Gasteiger partial charge in [-0.15, -0.1) is 0 Å². The van der Waals surface area contributed by atoms with E-state index in [2.05, 4.69) is 26.4 Å². The first-order valence-corrected chi connectivity index (χ1v) is 11.7. The number of fused-ring (bicyclic) bond motifs is 1. The number of carbonyl (C=O) groups excluding carboxylic acids is 1. The van der Waals surface area contributed by atoms with Gasteiger partial charge in [0.1, 0.15) is 23.7 Å². The molecule has 2 aliphatic heterocycles. The summed E-state index contributed by atoms with van der Waals surface area (Å²) in [4.78, 5) is 41.1. The number of aromatic amines is 1. The van der Waals surface area contributed by atoms with Gasteiger partial charge in [-0.25, -0.2) is 19.2 Å². The van der Waals surface area contributed by atoms with E-state index in [1.165, 1.54) is 18.5 Å². The minimum absolute atomic E-state index is 0.0672. The average molecular weight is 475 g/mol. The summed E-state index contributed by atoms with van der Waals surface area (Å²) in [5.41, 5.74) is 3.46. The minimum Gasteiger partial charge on any atom is -0.356 e. The maximum absolute atomic E-state index is 13.6. The number of imidazole rings is 1. The van der Waals surface area contributed by atoms with Crippen molar-refractivity contribution in [2.24, 2.45) is 0 Å². The number of anilines is 2. The molecule has 4 heterocycles. The lowest BCUT2D eigenvalue weighted by molar-refractivity contribution is 0.0984. The second kappa shape index (κ2) is 9.32. The molecule has 1 saturated heterocycles. The molecule has 0 saturated carbocycles. The molecular weight excluding hydrogens is 447 g/mol. The summed E-state index contributed by atoms with van der Waals surface area (Å²) in [6, 6.07) is 6.28. The number of nitrogens with zero attached hydrogens (tertiary/aromatic N) is 5. The molecule has 2 aromatic heterocycles. The van der Waals surface area contributed by atoms with Gasteiger partial charge in [0.15, 0.2) is 0 Å². The van der Waals surface area contributed by atoms with Crippen LogP contribution < -0.4 is 15.5 Å². The van der Waals surface area contributed by atoms with Crippen LogP contribution in [0.1, 0.15) is 46.3 Å². The number of rotatable bonds is 5. The molecule has 0 atom stereocenters. The van der Waals surface area contributed by atoms with E-state index in [1.807, 2.05) is 23.6 Å². The summed E-state index contributed by atoms with van der Waals surface area (Å²) in [7, 11) is 0. The molecule has 0 unspecified atom stereocenters. The molecule has 35 heavy (non-hydrogen) atoms. The fourth-order valence-corrected chi connectivity index (χ4v) is 5.01. The SMILES string of the molecule is C=C/C=C\c1c(C)[nH]c(=O)n1C1CCN(c2cc(C(=O)N3CCc4cc(F)ccc43)ncn2)CC1. The van der Waals surface area contributed by atoms with E-state index < -0.39 is 0 Å². The summed E-state index contributed by atoms with van der Waals surface area (Å²) < 4.78 is 15.4. The van der Waals surface area contributed by atoms with Gasteiger partial charge < -0.3 is 14.8 Å². The summed E-state index contributed by atoms with van der Waals surface area (Å²) in [6.45, 7) is 7.49. The largest absolute Gasteiger partial charge is 0.356 e. The molecule has 2 aliphatic rings. The Balaban J connectivity index is 1.31. The fraction of sp³-hybridized carbons (Fsp3) is 0.308. The Hall–Kier alpha value is -4.01. The first-order chi connectivity index (χ1) is 17.0. The molecule has 5 rings (SSSR count). The van der Waals surface area contributed by atoms with Gasteiger partial charge in [0.25, 0.3) is 5.91 Å². The summed E-state index contributed by atoms with van der Waals surface area (Å²) in [5, 5.41) is 0. The van der Waals surface area contributed by atoms with Crippen LogP contribution in [0.15, 0.2) is 54.1 Å². The second-order valence-corrected chi connectivity index (χ2v) is 8.86. The first-order valence-electron chi connectivity index (χ1n) is 11.7. The van der Waals surface area contributed by atoms with E-state index in [9.17, 15) is 14.0 Å². The van der Waals surface area contributed by atoms with Crippen LogP contribution in [0.4, 0.5) is 15.9 Å². The fourth-order valence-electron chi connectivity index (χ4n) is 5.01. The van der Waals surface area contributed by atoms with Crippen LogP contribution in [-0.4, -0.2) is 45.1 Å². The van der Waals surface area contributed by atoms with Gasteiger partial charge in [-0.2, -0.15) is 0 Å². The standard InChI is InChI=1S/C26H27FN6O2/c1-3-4-5-22-17(2)30-26(35)33(22)20-9-11-31(12-10-20)24-15-21(28-16-29-24)25(34)32-13-8-18-14-19(27)6-7-23(18)32/h3-7,14-16,20H,1,8-13H2,2H3,(H,30,35)/b5-4-. The van der Waals surface area contributed by atoms with Crippen molar-refractivity contribution < 1.29 is 9.18 Å². The Morgan fingerprint density at radius 3 is 2.77 bits per heavy atom. The quantitative estimate of drug-likeness (QED) is 0.571. The number of hydrogen-bond acceptors (Lipinski definition) is 5. The lowest BCUT2D eigenvalue weighted by atomic mass is 10.0. The minimum atomic E-state index is -0.299. The van der Waals surface area contributed by atoms with E-state index in [-0.39, 0.29) is 23.5 Å². The van der Waals surface area contributed by atoms with Crippen LogP contribution in [0.25, 0.3) is 6.08 Å². The number of benzene rings is 1. The van der Waals surface area contributed by atoms with Crippen molar-refractivity contribution in [2.45, 2.75) is 32.2 Å². The highest BCUT2D eigenvalue weighted by Crippen LogP contribution is 2.31. The normalized spacial score (nSPS) is 16.2. The summed E-state index contributed by atoms with van der Waals surface area (Å²) in [5.74, 6) is 0.165. The Bertz CT molecular complexity index is 1370. The third kappa shape index (κ3) is 4.29. The number of carbonyl (C=O) groups is 1. The molecule has 3 aromatic rings. The topological polar surface area (TPSA) is 87.1 Å². The molecule has 0 spiro atoms. The molecule has 1 amide bonds. The number of H-pyrrole nitrogens is 1. The van der Waals surface area contributed by atoms with E-state index in [0.717, 1.165) is 35.5 Å². The molecule has 0 aliphatic carbocycles. The zero-order valence-corrected chi connectivity index (χ0v) is 19.6. The highest BCUT2D eigenvalue weighted by molar-refractivity contribution is 6.06. The molecule has 1 fully saturated rings. The number of piperidine rings is 1. The molecule has 8 nitrogen and oxygen atoms in total. The molecule has 0 radical (unpaired) electrons. The van der Waals surface area contributed by atoms with Gasteiger partial charge in [-0.05, 0) is 56.0 Å². The Morgan fingerprint density at radius 1 is 1.20 bits per heavy atom. The van der Waals surface area contributed by atoms with Crippen LogP contribution >= 0.6 is 0 Å². The lowest BCUT2D eigenvalue weighted by Gasteiger charge is -2.33. The molecule has 9 heteroatoms. The number of aryl methyl sites for hydroxylation is 1. The predicted molar refractivity (Wildman–Crippen MR) is 133 cm³/mol. The number of aromatic nitrogens is 4. The van der Waals surface area contributed by atoms with Crippen molar-refractivity contribution in [2.75, 3.05) is 29.4 Å². The Labute approximate surface area is 202 Å². The van der Waals surface area contributed by atoms with Crippen LogP contribution in [0.3, 0.4) is 0 Å². The van der Waals surface area contributed by atoms with Crippen LogP contribution in [0, 0.1) is 12.7 Å². The molecule has 0 bridgehead atoms. The first kappa shape index (κ1) is 22.8. The summed E-state index contributed by atoms with van der Waals surface area (Å²) in [6.07, 6.45) is 8.99. The highest BCUT2D eigenvalue weighted by Gasteiger charge is 2.29. The summed E-state index contributed by atoms with van der Waals surface area (Å²) >= 11 is 0. The zero-order valence-electron chi connectivity index (χ0n) is 19.6. The van der Waals surface area contributed by atoms with Crippen molar-refractivity contribution >= 4 is 23.5 Å². The van der Waals surface area contributed by atoms with Crippen molar-refractivity contribution in [1.29, 1.82) is 0 Å². The zero-order chi connectivity index (χ0) is 24.5. The molecule has 1 aromatic carbocycles. The second-order valence-electron chi connectivity index (χ2n) is 8.86. The van der Waals surface area contributed by atoms with Gasteiger partial charge >= 0.3 is 5.69 Å². The smallest absolute Gasteiger partial charge is 0.326 e. The van der Waals surface area contributed by atoms with Crippen molar-refractivity contribution in [1.82, 2.24) is 19.5 Å². The van der Waals surface area contributed by atoms with Crippen LogP contribution in [0.5, 0.6) is 0 Å². The molecule has 1 N–H and O–H groups in total. The monoisotopic (exact) mass is 474 g/mol. The Kier molecular flexibility index (Phi) is 6.07. The van der Waals surface area contributed by atoms with Crippen molar-refractivity contribution in [3.63, 3.8) is 0 Å². The number of halogens is 1. The van der Waals surface area contributed by atoms with Crippen LogP contribution in [-0.2, 0) is 6.42 Å². The van der Waals surface area contributed by atoms with Crippen molar-refractivity contribution in [3.05, 3.63) is 88.3 Å². The average Bonchev–Trinajstić information content (AvgIpc) is 3.41. The van der Waals surface area contributed by atoms with Gasteiger partial charge in [-0.1, -0.05) is 18.7 Å². The number of allylic oxidation sites excluding steroid dienone is 2. The van der Waals surface area contributed by atoms with Gasteiger partial charge in [-0.3, -0.25) is 9.36 Å². The van der Waals surface area contributed by atoms with Gasteiger partial charge in [0.2, 0.25) is 0 Å². The van der Waals surface area contributed by atoms with E-state index >= 15 is 0 Å². The van der Waals surface area contributed by atoms with Crippen molar-refractivity contribution in [3.8, 4) is 0 Å². The number of amides is 1.